The number of fused-ring (bicyclic) bond motifs is 4. The van der Waals surface area contributed by atoms with Crippen LogP contribution >= 0.6 is 11.6 Å². The predicted molar refractivity (Wildman–Crippen MR) is 195 cm³/mol. The summed E-state index contributed by atoms with van der Waals surface area (Å²) in [6, 6.07) is 7.59. The maximum atomic E-state index is 15.4. The van der Waals surface area contributed by atoms with Gasteiger partial charge in [-0.25, -0.2) is 22.5 Å². The molecule has 2 aromatic carbocycles. The summed E-state index contributed by atoms with van der Waals surface area (Å²) in [6.45, 7) is 3.23. The van der Waals surface area contributed by atoms with E-state index in [0.717, 1.165) is 12.1 Å². The van der Waals surface area contributed by atoms with Crippen molar-refractivity contribution in [3.63, 3.8) is 0 Å². The monoisotopic (exact) mass is 813 g/mol. The van der Waals surface area contributed by atoms with Crippen LogP contribution in [0.4, 0.5) is 32.2 Å². The Morgan fingerprint density at radius 1 is 1.07 bits per heavy atom. The Balaban J connectivity index is 1.38. The van der Waals surface area contributed by atoms with Crippen LogP contribution in [0.2, 0.25) is 5.02 Å². The van der Waals surface area contributed by atoms with E-state index in [1.807, 2.05) is 0 Å². The first kappa shape index (κ1) is 39.8. The number of hydrogen-bond acceptors (Lipinski definition) is 7. The van der Waals surface area contributed by atoms with Crippen molar-refractivity contribution in [2.45, 2.75) is 76.2 Å². The summed E-state index contributed by atoms with van der Waals surface area (Å²) in [7, 11) is 1.56. The quantitative estimate of drug-likeness (QED) is 0.0937. The van der Waals surface area contributed by atoms with Gasteiger partial charge in [-0.3, -0.25) is 19.0 Å². The third-order valence-electron chi connectivity index (χ3n) is 9.76. The number of aromatic nitrogens is 5. The van der Waals surface area contributed by atoms with E-state index in [1.165, 1.54) is 37.6 Å². The highest BCUT2D eigenvalue weighted by Gasteiger charge is 2.67. The Morgan fingerprint density at radius 3 is 2.40 bits per heavy atom. The highest BCUT2D eigenvalue weighted by atomic mass is 35.5. The summed E-state index contributed by atoms with van der Waals surface area (Å²) in [5.74, 6) is -3.64. The second kappa shape index (κ2) is 14.5. The fourth-order valence-corrected chi connectivity index (χ4v) is 7.53. The van der Waals surface area contributed by atoms with Crippen LogP contribution in [0, 0.1) is 29.4 Å². The van der Waals surface area contributed by atoms with Crippen LogP contribution in [0.5, 0.6) is 0 Å². The number of carbonyl (C=O) groups excluding carboxylic acids is 2. The molecule has 1 saturated carbocycles. The fourth-order valence-electron chi connectivity index (χ4n) is 7.29. The zero-order chi connectivity index (χ0) is 41.3. The molecule has 0 radical (unpaired) electrons. The number of aryl methyl sites for hydroxylation is 1. The maximum absolute atomic E-state index is 15.4. The van der Waals surface area contributed by atoms with Crippen LogP contribution in [0.15, 0.2) is 42.5 Å². The smallest absolute Gasteiger partial charge is 0.293 e. The molecule has 18 heteroatoms. The number of anilines is 1. The van der Waals surface area contributed by atoms with Gasteiger partial charge in [-0.15, -0.1) is 0 Å². The zero-order valence-electron chi connectivity index (χ0n) is 30.6. The Bertz CT molecular complexity index is 2500. The SMILES string of the molecule is C[C@H](O)C(=O)Nc1nn(C)c2c(-c3ccc(C#CC(C)(C)O)nc3[C@H](Cc3cc(F)cc(F)c3)NC(=O)Cn3nc(C(F)F)c4c3C(F)(F)C3C[C@H]43)ccc(Cl)c12. The van der Waals surface area contributed by atoms with Gasteiger partial charge < -0.3 is 20.8 Å². The molecular formula is C39H34ClF6N7O4. The molecule has 298 valence electrons. The lowest BCUT2D eigenvalue weighted by molar-refractivity contribution is -0.123. The Labute approximate surface area is 326 Å². The van der Waals surface area contributed by atoms with Gasteiger partial charge in [0.05, 0.1) is 27.7 Å². The number of amides is 2. The van der Waals surface area contributed by atoms with E-state index in [0.29, 0.717) is 21.8 Å². The summed E-state index contributed by atoms with van der Waals surface area (Å²) in [5, 5.41) is 34.0. The molecule has 5 aromatic rings. The molecule has 57 heavy (non-hydrogen) atoms. The van der Waals surface area contributed by atoms with Crippen molar-refractivity contribution in [3.8, 4) is 23.0 Å². The van der Waals surface area contributed by atoms with Crippen molar-refractivity contribution in [2.75, 3.05) is 5.32 Å². The van der Waals surface area contributed by atoms with Crippen LogP contribution in [0.3, 0.4) is 0 Å². The van der Waals surface area contributed by atoms with Crippen LogP contribution in [0.25, 0.3) is 22.0 Å². The molecule has 0 spiro atoms. The van der Waals surface area contributed by atoms with E-state index in [-0.39, 0.29) is 57.1 Å². The summed E-state index contributed by atoms with van der Waals surface area (Å²) >= 11 is 6.62. The first-order valence-corrected chi connectivity index (χ1v) is 18.0. The van der Waals surface area contributed by atoms with E-state index in [2.05, 4.69) is 32.7 Å². The Hall–Kier alpha value is -5.44. The van der Waals surface area contributed by atoms with Gasteiger partial charge in [0.1, 0.15) is 47.0 Å². The first-order chi connectivity index (χ1) is 26.7. The first-order valence-electron chi connectivity index (χ1n) is 17.7. The average molecular weight is 814 g/mol. The standard InChI is InChI=1S/C39H34ClF6N7O4/c1-17(54)37(56)49-36-30-26(40)8-7-23(33(30)52(4)51-36)22-6-5-21(9-10-38(2,3)57)47-31(22)27(13-18-11-19(41)14-20(42)12-18)48-28(55)16-53-34-29(32(50-53)35(43)44)24-15-25(24)39(34,45)46/h5-8,11-12,14,17,24-25,27,35,54,57H,13,15-16H2,1-4H3,(H,48,55)(H,49,51,56)/t17-,24-,25?,27-/m0/s1. The number of aliphatic hydroxyl groups excluding tert-OH is 1. The second-order valence-electron chi connectivity index (χ2n) is 14.7. The summed E-state index contributed by atoms with van der Waals surface area (Å²) in [6.07, 6.45) is -4.87. The molecule has 4 atom stereocenters. The maximum Gasteiger partial charge on any atom is 0.293 e. The second-order valence-corrected chi connectivity index (χ2v) is 15.1. The molecule has 0 aliphatic heterocycles. The molecule has 1 fully saturated rings. The molecular weight excluding hydrogens is 780 g/mol. The van der Waals surface area contributed by atoms with Crippen molar-refractivity contribution in [2.24, 2.45) is 13.0 Å². The van der Waals surface area contributed by atoms with Crippen molar-refractivity contribution in [3.05, 3.63) is 93.0 Å². The summed E-state index contributed by atoms with van der Waals surface area (Å²) < 4.78 is 89.9. The summed E-state index contributed by atoms with van der Waals surface area (Å²) in [4.78, 5) is 31.1. The highest BCUT2D eigenvalue weighted by molar-refractivity contribution is 6.37. The molecule has 2 aliphatic rings. The van der Waals surface area contributed by atoms with Crippen LogP contribution in [0.1, 0.15) is 79.5 Å². The van der Waals surface area contributed by atoms with E-state index < -0.39 is 83.3 Å². The number of aliphatic hydroxyl groups is 2. The van der Waals surface area contributed by atoms with Crippen LogP contribution in [-0.2, 0) is 35.5 Å². The van der Waals surface area contributed by atoms with Gasteiger partial charge in [-0.2, -0.15) is 19.0 Å². The lowest BCUT2D eigenvalue weighted by Gasteiger charge is -2.23. The molecule has 2 amide bonds. The van der Waals surface area contributed by atoms with E-state index >= 15 is 8.78 Å². The number of rotatable bonds is 10. The van der Waals surface area contributed by atoms with Gasteiger partial charge in [-0.1, -0.05) is 23.6 Å². The van der Waals surface area contributed by atoms with E-state index in [1.54, 1.807) is 19.2 Å². The third kappa shape index (κ3) is 7.68. The molecule has 2 aliphatic carbocycles. The van der Waals surface area contributed by atoms with Gasteiger partial charge >= 0.3 is 0 Å². The number of pyridine rings is 1. The molecule has 0 bridgehead atoms. The summed E-state index contributed by atoms with van der Waals surface area (Å²) in [5.41, 5.74) is -2.09. The Kier molecular flexibility index (Phi) is 10.1. The number of nitrogens with zero attached hydrogens (tertiary/aromatic N) is 5. The van der Waals surface area contributed by atoms with Crippen molar-refractivity contribution in [1.82, 2.24) is 29.9 Å². The van der Waals surface area contributed by atoms with Gasteiger partial charge in [-0.05, 0) is 81.3 Å². The molecule has 4 N–H and O–H groups in total. The third-order valence-corrected chi connectivity index (χ3v) is 10.1. The lowest BCUT2D eigenvalue weighted by Crippen LogP contribution is -2.35. The molecule has 7 rings (SSSR count). The highest BCUT2D eigenvalue weighted by Crippen LogP contribution is 2.68. The number of carbonyl (C=O) groups is 2. The minimum Gasteiger partial charge on any atom is -0.384 e. The van der Waals surface area contributed by atoms with Gasteiger partial charge in [0, 0.05) is 35.7 Å². The van der Waals surface area contributed by atoms with Gasteiger partial charge in [0.25, 0.3) is 18.3 Å². The minimum atomic E-state index is -3.50. The van der Waals surface area contributed by atoms with Crippen molar-refractivity contribution < 1.29 is 46.1 Å². The number of halogens is 7. The lowest BCUT2D eigenvalue weighted by atomic mass is 9.93. The molecule has 1 unspecified atom stereocenters. The molecule has 3 aromatic heterocycles. The number of benzene rings is 2. The average Bonchev–Trinajstić information content (AvgIpc) is 3.65. The Morgan fingerprint density at radius 2 is 1.75 bits per heavy atom. The van der Waals surface area contributed by atoms with Crippen molar-refractivity contribution >= 4 is 40.1 Å². The number of nitrogens with one attached hydrogen (secondary N) is 2. The molecule has 0 saturated heterocycles. The van der Waals surface area contributed by atoms with Gasteiger partial charge in [0.15, 0.2) is 5.82 Å². The fraction of sp³-hybridized carbons (Fsp3) is 0.359. The predicted octanol–water partition coefficient (Wildman–Crippen LogP) is 6.45. The largest absolute Gasteiger partial charge is 0.384 e. The van der Waals surface area contributed by atoms with Crippen LogP contribution in [-0.4, -0.2) is 58.3 Å². The number of hydrogen-bond donors (Lipinski definition) is 4. The topological polar surface area (TPSA) is 147 Å². The molecule has 3 heterocycles. The normalized spacial score (nSPS) is 17.8. The number of alkyl halides is 4. The van der Waals surface area contributed by atoms with E-state index in [9.17, 15) is 37.4 Å². The zero-order valence-corrected chi connectivity index (χ0v) is 31.4. The van der Waals surface area contributed by atoms with Gasteiger partial charge in [0.2, 0.25) is 5.91 Å². The van der Waals surface area contributed by atoms with E-state index in [4.69, 9.17) is 16.6 Å². The van der Waals surface area contributed by atoms with Crippen molar-refractivity contribution in [1.29, 1.82) is 0 Å². The molecule has 11 nitrogen and oxygen atoms in total. The van der Waals surface area contributed by atoms with Crippen LogP contribution < -0.4 is 10.6 Å². The minimum absolute atomic E-state index is 0.0110.